The van der Waals surface area contributed by atoms with Gasteiger partial charge in [0.05, 0.1) is 0 Å². The second-order valence-corrected chi connectivity index (χ2v) is 6.72. The standard InChI is InChI=1S/C18H36N2/c1-6-15-19-17(18(3,7-2)20(4)5)16-13-11-9-8-10-12-14-16/h13,17,19H,6-12,14-15H2,1-5H3. The first-order chi connectivity index (χ1) is 9.56. The zero-order chi connectivity index (χ0) is 15.0. The normalized spacial score (nSPS) is 21.8. The van der Waals surface area contributed by atoms with E-state index in [9.17, 15) is 0 Å². The Hall–Kier alpha value is -0.340. The summed E-state index contributed by atoms with van der Waals surface area (Å²) in [6.45, 7) is 8.12. The van der Waals surface area contributed by atoms with Gasteiger partial charge in [-0.25, -0.2) is 0 Å². The SMILES string of the molecule is CCCNC(C1=CCCCCCC1)C(C)(CC)N(C)C. The molecule has 0 aromatic heterocycles. The highest BCUT2D eigenvalue weighted by Gasteiger charge is 2.36. The molecule has 1 N–H and O–H groups in total. The summed E-state index contributed by atoms with van der Waals surface area (Å²) in [5.74, 6) is 0. The molecule has 2 unspecified atom stereocenters. The molecule has 0 radical (unpaired) electrons. The Balaban J connectivity index is 2.96. The molecular weight excluding hydrogens is 244 g/mol. The first-order valence-electron chi connectivity index (χ1n) is 8.66. The third kappa shape index (κ3) is 4.60. The highest BCUT2D eigenvalue weighted by molar-refractivity contribution is 5.19. The molecule has 118 valence electrons. The predicted molar refractivity (Wildman–Crippen MR) is 90.2 cm³/mol. The van der Waals surface area contributed by atoms with Crippen molar-refractivity contribution >= 4 is 0 Å². The summed E-state index contributed by atoms with van der Waals surface area (Å²) in [7, 11) is 4.46. The molecule has 1 rings (SSSR count). The van der Waals surface area contributed by atoms with Crippen LogP contribution >= 0.6 is 0 Å². The molecule has 0 saturated carbocycles. The van der Waals surface area contributed by atoms with Crippen molar-refractivity contribution in [3.63, 3.8) is 0 Å². The Kier molecular flexibility index (Phi) is 7.83. The first kappa shape index (κ1) is 17.7. The number of hydrogen-bond acceptors (Lipinski definition) is 2. The molecule has 0 heterocycles. The molecule has 0 amide bonds. The molecule has 2 atom stereocenters. The Morgan fingerprint density at radius 2 is 1.90 bits per heavy atom. The van der Waals surface area contributed by atoms with Gasteiger partial charge in [0, 0.05) is 11.6 Å². The molecule has 1 aliphatic carbocycles. The zero-order valence-electron chi connectivity index (χ0n) is 14.5. The summed E-state index contributed by atoms with van der Waals surface area (Å²) < 4.78 is 0. The van der Waals surface area contributed by atoms with E-state index in [-0.39, 0.29) is 5.54 Å². The second-order valence-electron chi connectivity index (χ2n) is 6.72. The molecule has 0 spiro atoms. The van der Waals surface area contributed by atoms with E-state index in [4.69, 9.17) is 0 Å². The number of rotatable bonds is 7. The van der Waals surface area contributed by atoms with Gasteiger partial charge < -0.3 is 10.2 Å². The van der Waals surface area contributed by atoms with Crippen molar-refractivity contribution in [2.45, 2.75) is 83.7 Å². The summed E-state index contributed by atoms with van der Waals surface area (Å²) >= 11 is 0. The predicted octanol–water partition coefficient (Wildman–Crippen LogP) is 4.37. The van der Waals surface area contributed by atoms with Crippen LogP contribution in [0.4, 0.5) is 0 Å². The topological polar surface area (TPSA) is 15.3 Å². The minimum absolute atomic E-state index is 0.209. The summed E-state index contributed by atoms with van der Waals surface area (Å²) in [4.78, 5) is 2.42. The van der Waals surface area contributed by atoms with Gasteiger partial charge in [-0.05, 0) is 66.1 Å². The molecule has 1 aliphatic rings. The molecule has 0 saturated heterocycles. The van der Waals surface area contributed by atoms with Crippen molar-refractivity contribution in [1.29, 1.82) is 0 Å². The van der Waals surface area contributed by atoms with Gasteiger partial charge in [0.15, 0.2) is 0 Å². The van der Waals surface area contributed by atoms with Gasteiger partial charge in [0.1, 0.15) is 0 Å². The minimum Gasteiger partial charge on any atom is -0.309 e. The van der Waals surface area contributed by atoms with Crippen LogP contribution in [0.2, 0.25) is 0 Å². The van der Waals surface area contributed by atoms with E-state index >= 15 is 0 Å². The van der Waals surface area contributed by atoms with Gasteiger partial charge in [-0.2, -0.15) is 0 Å². The van der Waals surface area contributed by atoms with Crippen LogP contribution in [0.15, 0.2) is 11.6 Å². The van der Waals surface area contributed by atoms with Crippen LogP contribution in [0.3, 0.4) is 0 Å². The second kappa shape index (κ2) is 8.84. The summed E-state index contributed by atoms with van der Waals surface area (Å²) in [6, 6.07) is 0.501. The van der Waals surface area contributed by atoms with Gasteiger partial charge in [-0.15, -0.1) is 0 Å². The molecule has 0 aliphatic heterocycles. The lowest BCUT2D eigenvalue weighted by molar-refractivity contribution is 0.126. The van der Waals surface area contributed by atoms with Crippen LogP contribution in [0.5, 0.6) is 0 Å². The number of nitrogens with zero attached hydrogens (tertiary/aromatic N) is 1. The number of nitrogens with one attached hydrogen (secondary N) is 1. The average Bonchev–Trinajstić information content (AvgIpc) is 2.40. The molecule has 0 bridgehead atoms. The molecule has 0 fully saturated rings. The fourth-order valence-electron chi connectivity index (χ4n) is 3.30. The van der Waals surface area contributed by atoms with E-state index in [1.54, 1.807) is 5.57 Å². The Bertz CT molecular complexity index is 296. The number of hydrogen-bond donors (Lipinski definition) is 1. The smallest absolute Gasteiger partial charge is 0.0463 e. The van der Waals surface area contributed by atoms with E-state index in [0.29, 0.717) is 6.04 Å². The lowest BCUT2D eigenvalue weighted by atomic mass is 9.80. The van der Waals surface area contributed by atoms with E-state index in [2.05, 4.69) is 51.2 Å². The molecule has 2 nitrogen and oxygen atoms in total. The fraction of sp³-hybridized carbons (Fsp3) is 0.889. The highest BCUT2D eigenvalue weighted by Crippen LogP contribution is 2.30. The van der Waals surface area contributed by atoms with Crippen molar-refractivity contribution in [2.24, 2.45) is 0 Å². The minimum atomic E-state index is 0.209. The lowest BCUT2D eigenvalue weighted by Gasteiger charge is -2.44. The van der Waals surface area contributed by atoms with E-state index in [1.165, 1.54) is 51.4 Å². The van der Waals surface area contributed by atoms with Crippen LogP contribution in [0, 0.1) is 0 Å². The Labute approximate surface area is 127 Å². The van der Waals surface area contributed by atoms with Crippen molar-refractivity contribution < 1.29 is 0 Å². The first-order valence-corrected chi connectivity index (χ1v) is 8.66. The quantitative estimate of drug-likeness (QED) is 0.697. The van der Waals surface area contributed by atoms with Crippen molar-refractivity contribution in [2.75, 3.05) is 20.6 Å². The highest BCUT2D eigenvalue weighted by atomic mass is 15.2. The van der Waals surface area contributed by atoms with Gasteiger partial charge in [0.25, 0.3) is 0 Å². The maximum atomic E-state index is 3.85. The molecule has 0 aromatic carbocycles. The molecule has 20 heavy (non-hydrogen) atoms. The van der Waals surface area contributed by atoms with Gasteiger partial charge in [0.2, 0.25) is 0 Å². The summed E-state index contributed by atoms with van der Waals surface area (Å²) in [5, 5.41) is 3.85. The van der Waals surface area contributed by atoms with E-state index < -0.39 is 0 Å². The zero-order valence-corrected chi connectivity index (χ0v) is 14.5. The summed E-state index contributed by atoms with van der Waals surface area (Å²) in [6.07, 6.45) is 13.0. The average molecular weight is 280 g/mol. The Morgan fingerprint density at radius 1 is 1.20 bits per heavy atom. The Morgan fingerprint density at radius 3 is 2.50 bits per heavy atom. The third-order valence-electron chi connectivity index (χ3n) is 5.15. The fourth-order valence-corrected chi connectivity index (χ4v) is 3.30. The molecule has 0 aromatic rings. The monoisotopic (exact) mass is 280 g/mol. The van der Waals surface area contributed by atoms with Crippen LogP contribution in [0.25, 0.3) is 0 Å². The number of allylic oxidation sites excluding steroid dienone is 1. The molecule has 2 heteroatoms. The van der Waals surface area contributed by atoms with Crippen LogP contribution in [-0.4, -0.2) is 37.1 Å². The van der Waals surface area contributed by atoms with Crippen molar-refractivity contribution in [1.82, 2.24) is 10.2 Å². The number of likely N-dealkylation sites (N-methyl/N-ethyl adjacent to an activating group) is 1. The maximum Gasteiger partial charge on any atom is 0.0463 e. The van der Waals surface area contributed by atoms with Gasteiger partial charge in [-0.1, -0.05) is 38.3 Å². The lowest BCUT2D eigenvalue weighted by Crippen LogP contribution is -2.57. The van der Waals surface area contributed by atoms with E-state index in [1.807, 2.05) is 0 Å². The van der Waals surface area contributed by atoms with Crippen LogP contribution in [-0.2, 0) is 0 Å². The van der Waals surface area contributed by atoms with Gasteiger partial charge in [-0.3, -0.25) is 0 Å². The largest absolute Gasteiger partial charge is 0.309 e. The molecular formula is C18H36N2. The van der Waals surface area contributed by atoms with Crippen LogP contribution < -0.4 is 5.32 Å². The van der Waals surface area contributed by atoms with Crippen molar-refractivity contribution in [3.8, 4) is 0 Å². The van der Waals surface area contributed by atoms with Gasteiger partial charge >= 0.3 is 0 Å². The van der Waals surface area contributed by atoms with Crippen molar-refractivity contribution in [3.05, 3.63) is 11.6 Å². The third-order valence-corrected chi connectivity index (χ3v) is 5.15. The maximum absolute atomic E-state index is 3.85. The van der Waals surface area contributed by atoms with Crippen LogP contribution in [0.1, 0.15) is 72.1 Å². The summed E-state index contributed by atoms with van der Waals surface area (Å²) in [5.41, 5.74) is 1.87. The van der Waals surface area contributed by atoms with E-state index in [0.717, 1.165) is 6.54 Å².